The number of hydrogen-bond donors (Lipinski definition) is 2. The monoisotopic (exact) mass is 351 g/mol. The molecule has 7 nitrogen and oxygen atoms in total. The number of hydrogen-bond acceptors (Lipinski definition) is 4. The van der Waals surface area contributed by atoms with Gasteiger partial charge in [-0.1, -0.05) is 0 Å². The van der Waals surface area contributed by atoms with Crippen molar-refractivity contribution in [2.45, 2.75) is 44.8 Å². The standard InChI is InChI=1S/C12H16F3N5O2S/c1-6(2)20-8(4)11(7(3)18-20)23(21,22)19-10-5-9(16-17-10)12(13,14)15/h5-6H,1-4H3,(H2,16,17,19). The lowest BCUT2D eigenvalue weighted by molar-refractivity contribution is -0.141. The highest BCUT2D eigenvalue weighted by atomic mass is 32.2. The van der Waals surface area contributed by atoms with Crippen LogP contribution in [0, 0.1) is 13.8 Å². The average Bonchev–Trinajstić information content (AvgIpc) is 2.93. The molecule has 23 heavy (non-hydrogen) atoms. The molecule has 0 aliphatic carbocycles. The molecule has 0 aliphatic rings. The smallest absolute Gasteiger partial charge is 0.271 e. The molecule has 0 spiro atoms. The summed E-state index contributed by atoms with van der Waals surface area (Å²) in [5, 5.41) is 9.23. The fourth-order valence-corrected chi connectivity index (χ4v) is 3.64. The lowest BCUT2D eigenvalue weighted by Crippen LogP contribution is -2.15. The number of alkyl halides is 3. The number of anilines is 1. The van der Waals surface area contributed by atoms with E-state index in [1.807, 2.05) is 18.6 Å². The molecule has 11 heteroatoms. The first kappa shape index (κ1) is 17.3. The van der Waals surface area contributed by atoms with Crippen molar-refractivity contribution in [1.29, 1.82) is 0 Å². The SMILES string of the molecule is Cc1nn(C(C)C)c(C)c1S(=O)(=O)Nc1cc(C(F)(F)F)[nH]n1. The van der Waals surface area contributed by atoms with E-state index in [1.165, 1.54) is 11.6 Å². The zero-order valence-electron chi connectivity index (χ0n) is 12.9. The molecule has 0 amide bonds. The largest absolute Gasteiger partial charge is 0.432 e. The molecule has 2 heterocycles. The number of aromatic nitrogens is 4. The van der Waals surface area contributed by atoms with Crippen molar-refractivity contribution < 1.29 is 21.6 Å². The minimum atomic E-state index is -4.63. The Morgan fingerprint density at radius 1 is 1.30 bits per heavy atom. The summed E-state index contributed by atoms with van der Waals surface area (Å²) in [5.41, 5.74) is -0.478. The molecule has 2 aromatic rings. The molecule has 0 atom stereocenters. The van der Waals surface area contributed by atoms with Gasteiger partial charge in [-0.15, -0.1) is 0 Å². The van der Waals surface area contributed by atoms with E-state index in [-0.39, 0.29) is 16.6 Å². The summed E-state index contributed by atoms with van der Waals surface area (Å²) >= 11 is 0. The van der Waals surface area contributed by atoms with Gasteiger partial charge >= 0.3 is 6.18 Å². The van der Waals surface area contributed by atoms with Gasteiger partial charge in [0.05, 0.1) is 11.4 Å². The van der Waals surface area contributed by atoms with E-state index >= 15 is 0 Å². The summed E-state index contributed by atoms with van der Waals surface area (Å²) in [7, 11) is -4.10. The fourth-order valence-electron chi connectivity index (χ4n) is 2.25. The highest BCUT2D eigenvalue weighted by Crippen LogP contribution is 2.30. The van der Waals surface area contributed by atoms with Crippen molar-refractivity contribution in [1.82, 2.24) is 20.0 Å². The number of H-pyrrole nitrogens is 1. The molecular weight excluding hydrogens is 335 g/mol. The third-order valence-electron chi connectivity index (χ3n) is 3.14. The summed E-state index contributed by atoms with van der Waals surface area (Å²) in [6.45, 7) is 6.78. The second-order valence-electron chi connectivity index (χ2n) is 5.31. The normalized spacial score (nSPS) is 12.9. The zero-order chi connectivity index (χ0) is 17.6. The molecule has 0 saturated carbocycles. The van der Waals surface area contributed by atoms with Crippen LogP contribution >= 0.6 is 0 Å². The van der Waals surface area contributed by atoms with Crippen molar-refractivity contribution in [2.75, 3.05) is 4.72 Å². The Hall–Kier alpha value is -2.04. The third-order valence-corrected chi connectivity index (χ3v) is 4.74. The fraction of sp³-hybridized carbons (Fsp3) is 0.500. The van der Waals surface area contributed by atoms with Crippen LogP contribution in [-0.2, 0) is 16.2 Å². The molecule has 2 rings (SSSR count). The van der Waals surface area contributed by atoms with Gasteiger partial charge in [0.2, 0.25) is 0 Å². The van der Waals surface area contributed by atoms with E-state index in [0.717, 1.165) is 0 Å². The van der Waals surface area contributed by atoms with Crippen LogP contribution in [0.3, 0.4) is 0 Å². The number of halogens is 3. The van der Waals surface area contributed by atoms with Crippen molar-refractivity contribution in [3.05, 3.63) is 23.1 Å². The summed E-state index contributed by atoms with van der Waals surface area (Å²) in [6, 6.07) is 0.537. The van der Waals surface area contributed by atoms with Gasteiger partial charge in [0, 0.05) is 12.1 Å². The Balaban J connectivity index is 2.39. The summed E-state index contributed by atoms with van der Waals surface area (Å²) in [5.74, 6) is -0.437. The first-order valence-electron chi connectivity index (χ1n) is 6.64. The van der Waals surface area contributed by atoms with Gasteiger partial charge < -0.3 is 0 Å². The third kappa shape index (κ3) is 3.33. The van der Waals surface area contributed by atoms with Crippen LogP contribution in [0.4, 0.5) is 19.0 Å². The van der Waals surface area contributed by atoms with Gasteiger partial charge in [-0.05, 0) is 27.7 Å². The lowest BCUT2D eigenvalue weighted by Gasteiger charge is -2.09. The number of nitrogens with one attached hydrogen (secondary N) is 2. The van der Waals surface area contributed by atoms with Crippen molar-refractivity contribution in [3.63, 3.8) is 0 Å². The van der Waals surface area contributed by atoms with E-state index < -0.39 is 27.7 Å². The number of nitrogens with zero attached hydrogens (tertiary/aromatic N) is 3. The highest BCUT2D eigenvalue weighted by molar-refractivity contribution is 7.92. The average molecular weight is 351 g/mol. The zero-order valence-corrected chi connectivity index (χ0v) is 13.7. The van der Waals surface area contributed by atoms with Crippen LogP contribution in [0.15, 0.2) is 11.0 Å². The van der Waals surface area contributed by atoms with Crippen LogP contribution in [-0.4, -0.2) is 28.4 Å². The molecule has 2 N–H and O–H groups in total. The second-order valence-corrected chi connectivity index (χ2v) is 6.93. The van der Waals surface area contributed by atoms with Crippen molar-refractivity contribution in [2.24, 2.45) is 0 Å². The Bertz CT molecular complexity index is 820. The van der Waals surface area contributed by atoms with E-state index in [4.69, 9.17) is 0 Å². The predicted octanol–water partition coefficient (Wildman–Crippen LogP) is 2.62. The van der Waals surface area contributed by atoms with Gasteiger partial charge in [-0.25, -0.2) is 8.42 Å². The predicted molar refractivity (Wildman–Crippen MR) is 76.5 cm³/mol. The van der Waals surface area contributed by atoms with Gasteiger partial charge in [0.25, 0.3) is 10.0 Å². The van der Waals surface area contributed by atoms with Gasteiger partial charge in [0.15, 0.2) is 5.82 Å². The Morgan fingerprint density at radius 2 is 1.91 bits per heavy atom. The van der Waals surface area contributed by atoms with Crippen LogP contribution in [0.2, 0.25) is 0 Å². The van der Waals surface area contributed by atoms with Crippen molar-refractivity contribution in [3.8, 4) is 0 Å². The van der Waals surface area contributed by atoms with Crippen molar-refractivity contribution >= 4 is 15.8 Å². The number of sulfonamides is 1. The van der Waals surface area contributed by atoms with Crippen LogP contribution in [0.1, 0.15) is 37.0 Å². The van der Waals surface area contributed by atoms with E-state index in [0.29, 0.717) is 11.8 Å². The minimum Gasteiger partial charge on any atom is -0.271 e. The second kappa shape index (κ2) is 5.55. The molecule has 0 aliphatic heterocycles. The Morgan fingerprint density at radius 3 is 2.35 bits per heavy atom. The van der Waals surface area contributed by atoms with Gasteiger partial charge in [-0.2, -0.15) is 23.4 Å². The molecule has 0 fully saturated rings. The topological polar surface area (TPSA) is 92.7 Å². The Kier molecular flexibility index (Phi) is 4.18. The molecule has 0 unspecified atom stereocenters. The Labute approximate surface area is 130 Å². The molecule has 128 valence electrons. The molecule has 0 radical (unpaired) electrons. The molecule has 2 aromatic heterocycles. The molecular formula is C12H16F3N5O2S. The minimum absolute atomic E-state index is 0.0557. The maximum absolute atomic E-state index is 12.5. The van der Waals surface area contributed by atoms with E-state index in [9.17, 15) is 21.6 Å². The lowest BCUT2D eigenvalue weighted by atomic mass is 10.3. The van der Waals surface area contributed by atoms with Crippen LogP contribution < -0.4 is 4.72 Å². The van der Waals surface area contributed by atoms with Gasteiger partial charge in [0.1, 0.15) is 10.6 Å². The summed E-state index contributed by atoms with van der Waals surface area (Å²) in [4.78, 5) is -0.0669. The van der Waals surface area contributed by atoms with Crippen LogP contribution in [0.5, 0.6) is 0 Å². The molecule has 0 saturated heterocycles. The maximum Gasteiger partial charge on any atom is 0.432 e. The van der Waals surface area contributed by atoms with E-state index in [1.54, 1.807) is 12.0 Å². The molecule has 0 bridgehead atoms. The number of rotatable bonds is 4. The van der Waals surface area contributed by atoms with Gasteiger partial charge in [-0.3, -0.25) is 14.5 Å². The summed E-state index contributed by atoms with van der Waals surface area (Å²) < 4.78 is 66.0. The molecule has 0 aromatic carbocycles. The maximum atomic E-state index is 12.5. The number of aryl methyl sites for hydroxylation is 1. The van der Waals surface area contributed by atoms with E-state index in [2.05, 4.69) is 10.2 Å². The quantitative estimate of drug-likeness (QED) is 0.886. The first-order chi connectivity index (χ1) is 10.4. The first-order valence-corrected chi connectivity index (χ1v) is 8.13. The summed E-state index contributed by atoms with van der Waals surface area (Å²) in [6.07, 6.45) is -4.63. The highest BCUT2D eigenvalue weighted by Gasteiger charge is 2.34. The number of aromatic amines is 1. The van der Waals surface area contributed by atoms with Crippen LogP contribution in [0.25, 0.3) is 0 Å².